The van der Waals surface area contributed by atoms with Gasteiger partial charge in [0.05, 0.1) is 18.3 Å². The van der Waals surface area contributed by atoms with Gasteiger partial charge in [0.25, 0.3) is 0 Å². The maximum Gasteiger partial charge on any atom is 0.0644 e. The minimum absolute atomic E-state index is 0.167. The Balaban J connectivity index is 2.01. The topological polar surface area (TPSA) is 29.5 Å². The normalized spacial score (nSPS) is 36.5. The Labute approximate surface area is 101 Å². The monoisotopic (exact) mass is 240 g/mol. The fourth-order valence-corrected chi connectivity index (χ4v) is 3.48. The molecule has 1 aliphatic heterocycles. The largest absolute Gasteiger partial charge is 0.392 e. The number of hydrogen-bond acceptors (Lipinski definition) is 3. The lowest BCUT2D eigenvalue weighted by atomic mass is 9.83. The molecule has 5 unspecified atom stereocenters. The summed E-state index contributed by atoms with van der Waals surface area (Å²) >= 11 is 1.71. The van der Waals surface area contributed by atoms with Gasteiger partial charge in [-0.25, -0.2) is 0 Å². The molecule has 2 nitrogen and oxygen atoms in total. The van der Waals surface area contributed by atoms with Crippen LogP contribution in [0.2, 0.25) is 0 Å². The molecule has 3 heteroatoms. The third kappa shape index (κ3) is 2.31. The summed E-state index contributed by atoms with van der Waals surface area (Å²) in [4.78, 5) is 1.26. The van der Waals surface area contributed by atoms with E-state index in [1.807, 2.05) is 6.07 Å². The van der Waals surface area contributed by atoms with Crippen LogP contribution in [0.15, 0.2) is 17.5 Å². The van der Waals surface area contributed by atoms with Crippen molar-refractivity contribution in [1.82, 2.24) is 0 Å². The van der Waals surface area contributed by atoms with Crippen molar-refractivity contribution in [3.05, 3.63) is 22.4 Å². The standard InChI is InChI=1S/C13H20O2S/c1-8-9(2)15-10(3)13(8)12(14)7-11-5-4-6-16-11/h4-6,8-10,12-14H,7H2,1-3H3. The second-order valence-corrected chi connectivity index (χ2v) is 5.87. The Morgan fingerprint density at radius 1 is 1.38 bits per heavy atom. The maximum atomic E-state index is 10.3. The van der Waals surface area contributed by atoms with Gasteiger partial charge in [-0.15, -0.1) is 11.3 Å². The van der Waals surface area contributed by atoms with Crippen molar-refractivity contribution in [1.29, 1.82) is 0 Å². The number of aliphatic hydroxyl groups is 1. The number of aliphatic hydroxyl groups excluding tert-OH is 1. The van der Waals surface area contributed by atoms with E-state index in [0.29, 0.717) is 5.92 Å². The van der Waals surface area contributed by atoms with Crippen LogP contribution >= 0.6 is 11.3 Å². The number of rotatable bonds is 3. The molecule has 90 valence electrons. The summed E-state index contributed by atoms with van der Waals surface area (Å²) in [6.07, 6.45) is 0.902. The van der Waals surface area contributed by atoms with Crippen LogP contribution in [0.25, 0.3) is 0 Å². The molecule has 1 aromatic heterocycles. The highest BCUT2D eigenvalue weighted by atomic mass is 32.1. The molecule has 16 heavy (non-hydrogen) atoms. The average molecular weight is 240 g/mol. The summed E-state index contributed by atoms with van der Waals surface area (Å²) in [6, 6.07) is 4.12. The maximum absolute atomic E-state index is 10.3. The second kappa shape index (κ2) is 4.86. The molecular weight excluding hydrogens is 220 g/mol. The molecule has 5 atom stereocenters. The smallest absolute Gasteiger partial charge is 0.0644 e. The van der Waals surface area contributed by atoms with Crippen molar-refractivity contribution in [3.63, 3.8) is 0 Å². The highest BCUT2D eigenvalue weighted by Gasteiger charge is 2.40. The lowest BCUT2D eigenvalue weighted by molar-refractivity contribution is 0.0242. The zero-order chi connectivity index (χ0) is 11.7. The predicted octanol–water partition coefficient (Wildman–Crippen LogP) is 2.71. The van der Waals surface area contributed by atoms with E-state index in [0.717, 1.165) is 6.42 Å². The van der Waals surface area contributed by atoms with Gasteiger partial charge in [0.1, 0.15) is 0 Å². The van der Waals surface area contributed by atoms with Crippen molar-refractivity contribution in [2.75, 3.05) is 0 Å². The van der Waals surface area contributed by atoms with Crippen LogP contribution in [0.4, 0.5) is 0 Å². The molecule has 0 aliphatic carbocycles. The fourth-order valence-electron chi connectivity index (χ4n) is 2.73. The van der Waals surface area contributed by atoms with Crippen LogP contribution in [0.1, 0.15) is 25.6 Å². The lowest BCUT2D eigenvalue weighted by Crippen LogP contribution is -2.32. The number of ether oxygens (including phenoxy) is 1. The quantitative estimate of drug-likeness (QED) is 0.880. The molecule has 1 saturated heterocycles. The first-order chi connectivity index (χ1) is 7.59. The van der Waals surface area contributed by atoms with Gasteiger partial charge in [0.2, 0.25) is 0 Å². The van der Waals surface area contributed by atoms with Crippen molar-refractivity contribution in [2.45, 2.75) is 45.5 Å². The van der Waals surface area contributed by atoms with E-state index in [2.05, 4.69) is 32.2 Å². The number of thiophene rings is 1. The Morgan fingerprint density at radius 3 is 2.62 bits per heavy atom. The molecule has 0 bridgehead atoms. The minimum atomic E-state index is -0.284. The SMILES string of the molecule is CC1OC(C)C(C(O)Cc2cccs2)C1C. The van der Waals surface area contributed by atoms with Gasteiger partial charge in [0, 0.05) is 17.2 Å². The summed E-state index contributed by atoms with van der Waals surface area (Å²) in [5.41, 5.74) is 0. The van der Waals surface area contributed by atoms with E-state index >= 15 is 0 Å². The van der Waals surface area contributed by atoms with Crippen LogP contribution in [-0.2, 0) is 11.2 Å². The van der Waals surface area contributed by atoms with E-state index in [-0.39, 0.29) is 24.2 Å². The molecule has 0 spiro atoms. The molecule has 1 aromatic rings. The summed E-state index contributed by atoms with van der Waals surface area (Å²) in [5.74, 6) is 0.696. The third-order valence-electron chi connectivity index (χ3n) is 3.75. The molecular formula is C13H20O2S. The highest BCUT2D eigenvalue weighted by molar-refractivity contribution is 7.09. The van der Waals surface area contributed by atoms with Gasteiger partial charge < -0.3 is 9.84 Å². The zero-order valence-electron chi connectivity index (χ0n) is 10.1. The van der Waals surface area contributed by atoms with Crippen molar-refractivity contribution >= 4 is 11.3 Å². The first-order valence-electron chi connectivity index (χ1n) is 5.95. The van der Waals surface area contributed by atoms with Gasteiger partial charge in [-0.2, -0.15) is 0 Å². The summed E-state index contributed by atoms with van der Waals surface area (Å²) in [7, 11) is 0. The van der Waals surface area contributed by atoms with Crippen LogP contribution < -0.4 is 0 Å². The van der Waals surface area contributed by atoms with Gasteiger partial charge in [0.15, 0.2) is 0 Å². The van der Waals surface area contributed by atoms with Crippen molar-refractivity contribution < 1.29 is 9.84 Å². The van der Waals surface area contributed by atoms with Crippen molar-refractivity contribution in [3.8, 4) is 0 Å². The molecule has 0 saturated carbocycles. The summed E-state index contributed by atoms with van der Waals surface area (Å²) in [5, 5.41) is 12.4. The molecule has 0 radical (unpaired) electrons. The van der Waals surface area contributed by atoms with Gasteiger partial charge in [-0.1, -0.05) is 13.0 Å². The van der Waals surface area contributed by atoms with Crippen LogP contribution in [0, 0.1) is 11.8 Å². The van der Waals surface area contributed by atoms with E-state index < -0.39 is 0 Å². The van der Waals surface area contributed by atoms with Gasteiger partial charge >= 0.3 is 0 Å². The predicted molar refractivity (Wildman–Crippen MR) is 66.7 cm³/mol. The Bertz CT molecular complexity index is 323. The average Bonchev–Trinajstić information content (AvgIpc) is 2.77. The van der Waals surface area contributed by atoms with E-state index in [1.54, 1.807) is 11.3 Å². The highest BCUT2D eigenvalue weighted by Crippen LogP contribution is 2.35. The molecule has 0 amide bonds. The minimum Gasteiger partial charge on any atom is -0.392 e. The molecule has 0 aromatic carbocycles. The Hall–Kier alpha value is -0.380. The van der Waals surface area contributed by atoms with Crippen molar-refractivity contribution in [2.24, 2.45) is 11.8 Å². The second-order valence-electron chi connectivity index (χ2n) is 4.83. The van der Waals surface area contributed by atoms with E-state index in [9.17, 15) is 5.11 Å². The fraction of sp³-hybridized carbons (Fsp3) is 0.692. The summed E-state index contributed by atoms with van der Waals surface area (Å²) < 4.78 is 5.77. The van der Waals surface area contributed by atoms with Crippen LogP contribution in [0.3, 0.4) is 0 Å². The zero-order valence-corrected chi connectivity index (χ0v) is 10.9. The molecule has 1 fully saturated rings. The van der Waals surface area contributed by atoms with E-state index in [1.165, 1.54) is 4.88 Å². The first kappa shape index (κ1) is 12.1. The Morgan fingerprint density at radius 2 is 2.12 bits per heavy atom. The number of hydrogen-bond donors (Lipinski definition) is 1. The van der Waals surface area contributed by atoms with E-state index in [4.69, 9.17) is 4.74 Å². The van der Waals surface area contributed by atoms with Gasteiger partial charge in [-0.05, 0) is 31.2 Å². The van der Waals surface area contributed by atoms with Crippen LogP contribution in [-0.4, -0.2) is 23.4 Å². The summed E-state index contributed by atoms with van der Waals surface area (Å²) in [6.45, 7) is 6.35. The Kier molecular flexibility index (Phi) is 3.67. The third-order valence-corrected chi connectivity index (χ3v) is 4.65. The molecule has 1 N–H and O–H groups in total. The first-order valence-corrected chi connectivity index (χ1v) is 6.83. The molecule has 2 rings (SSSR count). The van der Waals surface area contributed by atoms with Gasteiger partial charge in [-0.3, -0.25) is 0 Å². The molecule has 2 heterocycles. The molecule has 1 aliphatic rings. The lowest BCUT2D eigenvalue weighted by Gasteiger charge is -2.24. The van der Waals surface area contributed by atoms with Crippen LogP contribution in [0.5, 0.6) is 0 Å².